The van der Waals surface area contributed by atoms with E-state index in [9.17, 15) is 9.90 Å². The van der Waals surface area contributed by atoms with Gasteiger partial charge in [0, 0.05) is 7.11 Å². The lowest BCUT2D eigenvalue weighted by Crippen LogP contribution is -2.48. The Kier molecular flexibility index (Phi) is 3.68. The van der Waals surface area contributed by atoms with Gasteiger partial charge in [-0.05, 0) is 17.2 Å². The highest BCUT2D eigenvalue weighted by atomic mass is 79.9. The van der Waals surface area contributed by atoms with E-state index >= 15 is 0 Å². The first-order valence-corrected chi connectivity index (χ1v) is 6.41. The predicted octanol–water partition coefficient (Wildman–Crippen LogP) is 2.87. The van der Waals surface area contributed by atoms with Gasteiger partial charge < -0.3 is 9.84 Å². The van der Waals surface area contributed by atoms with Gasteiger partial charge in [0.15, 0.2) is 5.60 Å². The van der Waals surface area contributed by atoms with Gasteiger partial charge in [-0.2, -0.15) is 0 Å². The van der Waals surface area contributed by atoms with Gasteiger partial charge in [0.25, 0.3) is 0 Å². The number of carbonyl (C=O) groups is 1. The van der Waals surface area contributed by atoms with Crippen molar-refractivity contribution in [3.05, 3.63) is 54.1 Å². The van der Waals surface area contributed by atoms with E-state index in [1.54, 1.807) is 12.2 Å². The number of allylic oxidation sites excluding steroid dienone is 2. The van der Waals surface area contributed by atoms with Crippen molar-refractivity contribution in [1.82, 2.24) is 0 Å². The maximum atomic E-state index is 11.5. The van der Waals surface area contributed by atoms with Crippen molar-refractivity contribution >= 4 is 27.5 Å². The summed E-state index contributed by atoms with van der Waals surface area (Å²) in [6, 6.07) is 9.66. The summed E-state index contributed by atoms with van der Waals surface area (Å²) in [6.07, 6.45) is 5.17. The summed E-state index contributed by atoms with van der Waals surface area (Å²) in [5.41, 5.74) is 0.508. The Balaban J connectivity index is 2.44. The zero-order chi connectivity index (χ0) is 13.2. The van der Waals surface area contributed by atoms with Gasteiger partial charge in [-0.1, -0.05) is 58.4 Å². The lowest BCUT2D eigenvalue weighted by molar-refractivity contribution is -0.155. The normalized spacial score (nSPS) is 26.8. The standard InChI is InChI=1S/C14H13BrO3/c1-18-14(13(16)17)9-5-8-11(12(14)15)10-6-3-2-4-7-10/h2-9,12H,1H3,(H,16,17). The molecule has 0 radical (unpaired) electrons. The number of aliphatic carboxylic acids is 1. The zero-order valence-electron chi connectivity index (χ0n) is 9.84. The van der Waals surface area contributed by atoms with Crippen molar-refractivity contribution in [3.63, 3.8) is 0 Å². The van der Waals surface area contributed by atoms with Crippen molar-refractivity contribution < 1.29 is 14.6 Å². The van der Waals surface area contributed by atoms with Gasteiger partial charge in [0.2, 0.25) is 0 Å². The smallest absolute Gasteiger partial charge is 0.341 e. The van der Waals surface area contributed by atoms with Crippen LogP contribution < -0.4 is 0 Å². The molecule has 18 heavy (non-hydrogen) atoms. The monoisotopic (exact) mass is 308 g/mol. The van der Waals surface area contributed by atoms with Crippen LogP contribution in [0, 0.1) is 0 Å². The molecule has 94 valence electrons. The second-order valence-electron chi connectivity index (χ2n) is 4.01. The highest BCUT2D eigenvalue weighted by molar-refractivity contribution is 9.09. The fourth-order valence-corrected chi connectivity index (χ4v) is 2.96. The van der Waals surface area contributed by atoms with E-state index in [0.717, 1.165) is 11.1 Å². The fraction of sp³-hybridized carbons (Fsp3) is 0.214. The van der Waals surface area contributed by atoms with Crippen LogP contribution in [-0.4, -0.2) is 28.6 Å². The second kappa shape index (κ2) is 5.08. The third-order valence-electron chi connectivity index (χ3n) is 3.05. The summed E-state index contributed by atoms with van der Waals surface area (Å²) in [5.74, 6) is -1.01. The van der Waals surface area contributed by atoms with Crippen molar-refractivity contribution in [2.75, 3.05) is 7.11 Å². The van der Waals surface area contributed by atoms with Crippen molar-refractivity contribution in [2.45, 2.75) is 10.4 Å². The number of rotatable bonds is 3. The Morgan fingerprint density at radius 2 is 2.06 bits per heavy atom. The number of carboxylic acid groups (broad SMARTS) is 1. The number of ether oxygens (including phenoxy) is 1. The molecule has 0 amide bonds. The van der Waals surface area contributed by atoms with Crippen LogP contribution in [0.2, 0.25) is 0 Å². The number of carboxylic acids is 1. The maximum Gasteiger partial charge on any atom is 0.341 e. The van der Waals surface area contributed by atoms with E-state index in [1.165, 1.54) is 7.11 Å². The van der Waals surface area contributed by atoms with Crippen molar-refractivity contribution in [1.29, 1.82) is 0 Å². The third-order valence-corrected chi connectivity index (χ3v) is 4.22. The molecule has 0 heterocycles. The fourth-order valence-electron chi connectivity index (χ4n) is 2.01. The molecule has 1 aromatic rings. The molecule has 1 N–H and O–H groups in total. The average Bonchev–Trinajstić information content (AvgIpc) is 2.40. The summed E-state index contributed by atoms with van der Waals surface area (Å²) < 4.78 is 5.23. The molecule has 0 spiro atoms. The van der Waals surface area contributed by atoms with Gasteiger partial charge in [-0.25, -0.2) is 4.79 Å². The van der Waals surface area contributed by atoms with Gasteiger partial charge >= 0.3 is 5.97 Å². The molecule has 0 aliphatic heterocycles. The van der Waals surface area contributed by atoms with Gasteiger partial charge in [-0.15, -0.1) is 0 Å². The number of hydrogen-bond donors (Lipinski definition) is 1. The SMILES string of the molecule is COC1(C(=O)O)C=CC=C(c2ccccc2)C1Br. The van der Waals surface area contributed by atoms with E-state index in [1.807, 2.05) is 36.4 Å². The molecule has 0 fully saturated rings. The summed E-state index contributed by atoms with van der Waals surface area (Å²) in [6.45, 7) is 0. The molecule has 0 bridgehead atoms. The molecule has 4 heteroatoms. The Hall–Kier alpha value is -1.39. The summed E-state index contributed by atoms with van der Waals surface area (Å²) in [7, 11) is 1.40. The molecule has 2 atom stereocenters. The van der Waals surface area contributed by atoms with Gasteiger partial charge in [-0.3, -0.25) is 0 Å². The molecular weight excluding hydrogens is 296 g/mol. The summed E-state index contributed by atoms with van der Waals surface area (Å²) in [4.78, 5) is 11.0. The summed E-state index contributed by atoms with van der Waals surface area (Å²) >= 11 is 3.45. The highest BCUT2D eigenvalue weighted by Gasteiger charge is 2.46. The highest BCUT2D eigenvalue weighted by Crippen LogP contribution is 2.38. The van der Waals surface area contributed by atoms with Crippen molar-refractivity contribution in [3.8, 4) is 0 Å². The average molecular weight is 309 g/mol. The lowest BCUT2D eigenvalue weighted by atomic mass is 9.86. The van der Waals surface area contributed by atoms with Crippen LogP contribution in [0.4, 0.5) is 0 Å². The molecule has 2 rings (SSSR count). The van der Waals surface area contributed by atoms with Crippen LogP contribution in [0.5, 0.6) is 0 Å². The number of halogens is 1. The van der Waals surface area contributed by atoms with E-state index in [0.29, 0.717) is 0 Å². The minimum Gasteiger partial charge on any atom is -0.479 e. The van der Waals surface area contributed by atoms with E-state index in [-0.39, 0.29) is 0 Å². The Morgan fingerprint density at radius 3 is 2.61 bits per heavy atom. The Bertz CT molecular complexity index is 507. The van der Waals surface area contributed by atoms with Crippen LogP contribution in [0.3, 0.4) is 0 Å². The van der Waals surface area contributed by atoms with E-state index < -0.39 is 16.4 Å². The second-order valence-corrected chi connectivity index (χ2v) is 4.93. The molecule has 0 saturated carbocycles. The number of benzene rings is 1. The molecule has 1 aliphatic carbocycles. The first-order chi connectivity index (χ1) is 8.62. The topological polar surface area (TPSA) is 46.5 Å². The van der Waals surface area contributed by atoms with Crippen LogP contribution >= 0.6 is 15.9 Å². The van der Waals surface area contributed by atoms with Crippen LogP contribution in [0.25, 0.3) is 5.57 Å². The van der Waals surface area contributed by atoms with Crippen molar-refractivity contribution in [2.24, 2.45) is 0 Å². The maximum absolute atomic E-state index is 11.5. The van der Waals surface area contributed by atoms with Gasteiger partial charge in [0.1, 0.15) is 0 Å². The van der Waals surface area contributed by atoms with Crippen LogP contribution in [0.15, 0.2) is 48.6 Å². The largest absolute Gasteiger partial charge is 0.479 e. The number of hydrogen-bond acceptors (Lipinski definition) is 2. The quantitative estimate of drug-likeness (QED) is 0.873. The first-order valence-electron chi connectivity index (χ1n) is 5.49. The molecule has 0 aromatic heterocycles. The lowest BCUT2D eigenvalue weighted by Gasteiger charge is -2.33. The van der Waals surface area contributed by atoms with Crippen LogP contribution in [-0.2, 0) is 9.53 Å². The molecule has 1 aliphatic rings. The Morgan fingerprint density at radius 1 is 1.39 bits per heavy atom. The van der Waals surface area contributed by atoms with Gasteiger partial charge in [0.05, 0.1) is 4.83 Å². The number of methoxy groups -OCH3 is 1. The third kappa shape index (κ3) is 2.02. The molecule has 1 aromatic carbocycles. The minimum absolute atomic E-state index is 0.431. The minimum atomic E-state index is -1.36. The molecule has 3 nitrogen and oxygen atoms in total. The zero-order valence-corrected chi connectivity index (χ0v) is 11.4. The Labute approximate surface area is 114 Å². The first kappa shape index (κ1) is 13.1. The molecular formula is C14H13BrO3. The van der Waals surface area contributed by atoms with E-state index in [2.05, 4.69) is 15.9 Å². The predicted molar refractivity (Wildman–Crippen MR) is 73.6 cm³/mol. The van der Waals surface area contributed by atoms with Crippen LogP contribution in [0.1, 0.15) is 5.56 Å². The molecule has 2 unspecified atom stereocenters. The molecule has 0 saturated heterocycles. The summed E-state index contributed by atoms with van der Waals surface area (Å²) in [5, 5.41) is 9.39. The van der Waals surface area contributed by atoms with E-state index in [4.69, 9.17) is 4.74 Å². The number of alkyl halides is 1.